The van der Waals surface area contributed by atoms with Gasteiger partial charge in [0.25, 0.3) is 0 Å². The van der Waals surface area contributed by atoms with Gasteiger partial charge >= 0.3 is 7.12 Å². The third-order valence-electron chi connectivity index (χ3n) is 1.82. The Kier molecular flexibility index (Phi) is 2.47. The average molecular weight is 156 g/mol. The maximum Gasteiger partial charge on any atom is 0.484 e. The molecule has 2 N–H and O–H groups in total. The standard InChI is InChI=1S/C7H10BFO2/c1-5-4-6(9)2-3-7(5)8(10)11/h2-3,5,10-11H,4H2,1H3. The normalized spacial score (nSPS) is 24.2. The van der Waals surface area contributed by atoms with E-state index in [0.29, 0.717) is 5.47 Å². The maximum atomic E-state index is 12.5. The lowest BCUT2D eigenvalue weighted by Crippen LogP contribution is -2.22. The molecule has 0 aromatic carbocycles. The van der Waals surface area contributed by atoms with Gasteiger partial charge in [-0.05, 0) is 17.5 Å². The van der Waals surface area contributed by atoms with Crippen molar-refractivity contribution in [3.05, 3.63) is 23.5 Å². The molecular formula is C7H10BFO2. The van der Waals surface area contributed by atoms with Gasteiger partial charge < -0.3 is 10.0 Å². The molecule has 60 valence electrons. The van der Waals surface area contributed by atoms with Gasteiger partial charge in [0.15, 0.2) is 0 Å². The first kappa shape index (κ1) is 8.49. The summed E-state index contributed by atoms with van der Waals surface area (Å²) in [6.07, 6.45) is 2.96. The molecule has 0 aromatic rings. The van der Waals surface area contributed by atoms with Gasteiger partial charge in [-0.25, -0.2) is 4.39 Å². The molecule has 0 spiro atoms. The predicted molar refractivity (Wildman–Crippen MR) is 41.2 cm³/mol. The molecule has 1 rings (SSSR count). The summed E-state index contributed by atoms with van der Waals surface area (Å²) in [6.45, 7) is 1.76. The van der Waals surface area contributed by atoms with Gasteiger partial charge in [0.2, 0.25) is 0 Å². The SMILES string of the molecule is CC1CC(F)=CC=C1B(O)O. The van der Waals surface area contributed by atoms with Crippen molar-refractivity contribution in [2.75, 3.05) is 0 Å². The summed E-state index contributed by atoms with van der Waals surface area (Å²) in [5.74, 6) is -0.318. The fourth-order valence-electron chi connectivity index (χ4n) is 1.17. The molecule has 0 saturated heterocycles. The van der Waals surface area contributed by atoms with E-state index >= 15 is 0 Å². The van der Waals surface area contributed by atoms with Crippen LogP contribution in [0.4, 0.5) is 4.39 Å². The van der Waals surface area contributed by atoms with Crippen LogP contribution in [0.2, 0.25) is 0 Å². The summed E-state index contributed by atoms with van der Waals surface area (Å²) >= 11 is 0. The van der Waals surface area contributed by atoms with Crippen LogP contribution in [0.1, 0.15) is 13.3 Å². The Labute approximate surface area is 65.2 Å². The van der Waals surface area contributed by atoms with E-state index < -0.39 is 7.12 Å². The number of hydrogen-bond donors (Lipinski definition) is 2. The number of hydrogen-bond acceptors (Lipinski definition) is 2. The minimum atomic E-state index is -1.45. The lowest BCUT2D eigenvalue weighted by Gasteiger charge is -2.17. The predicted octanol–water partition coefficient (Wildman–Crippen LogP) is 0.818. The van der Waals surface area contributed by atoms with E-state index in [4.69, 9.17) is 10.0 Å². The molecule has 2 nitrogen and oxygen atoms in total. The average Bonchev–Trinajstić information content (AvgIpc) is 1.85. The second kappa shape index (κ2) is 3.20. The van der Waals surface area contributed by atoms with Crippen molar-refractivity contribution in [3.8, 4) is 0 Å². The molecular weight excluding hydrogens is 146 g/mol. The molecule has 0 radical (unpaired) electrons. The summed E-state index contributed by atoms with van der Waals surface area (Å²) in [6, 6.07) is 0. The molecule has 0 saturated carbocycles. The molecule has 11 heavy (non-hydrogen) atoms. The van der Waals surface area contributed by atoms with E-state index in [9.17, 15) is 4.39 Å². The van der Waals surface area contributed by atoms with Crippen molar-refractivity contribution in [1.29, 1.82) is 0 Å². The third kappa shape index (κ3) is 1.91. The Morgan fingerprint density at radius 1 is 1.55 bits per heavy atom. The minimum Gasteiger partial charge on any atom is -0.423 e. The first-order chi connectivity index (χ1) is 5.11. The van der Waals surface area contributed by atoms with E-state index in [0.717, 1.165) is 0 Å². The highest BCUT2D eigenvalue weighted by atomic mass is 19.1. The van der Waals surface area contributed by atoms with Crippen molar-refractivity contribution in [2.24, 2.45) is 5.92 Å². The molecule has 1 aliphatic rings. The van der Waals surface area contributed by atoms with Gasteiger partial charge in [-0.2, -0.15) is 0 Å². The number of allylic oxidation sites excluding steroid dienone is 4. The topological polar surface area (TPSA) is 40.5 Å². The van der Waals surface area contributed by atoms with Crippen molar-refractivity contribution < 1.29 is 14.4 Å². The highest BCUT2D eigenvalue weighted by Gasteiger charge is 2.23. The molecule has 0 fully saturated rings. The molecule has 0 bridgehead atoms. The van der Waals surface area contributed by atoms with Crippen LogP contribution in [0.25, 0.3) is 0 Å². The summed E-state index contributed by atoms with van der Waals surface area (Å²) < 4.78 is 12.5. The van der Waals surface area contributed by atoms with Crippen molar-refractivity contribution >= 4 is 7.12 Å². The van der Waals surface area contributed by atoms with Crippen LogP contribution in [0.15, 0.2) is 23.5 Å². The molecule has 0 aliphatic heterocycles. The van der Waals surface area contributed by atoms with E-state index in [2.05, 4.69) is 0 Å². The van der Waals surface area contributed by atoms with Gasteiger partial charge in [-0.3, -0.25) is 0 Å². The number of rotatable bonds is 1. The smallest absolute Gasteiger partial charge is 0.423 e. The van der Waals surface area contributed by atoms with Crippen LogP contribution < -0.4 is 0 Å². The van der Waals surface area contributed by atoms with Crippen LogP contribution in [-0.4, -0.2) is 17.2 Å². The van der Waals surface area contributed by atoms with E-state index in [1.807, 2.05) is 0 Å². The molecule has 1 unspecified atom stereocenters. The van der Waals surface area contributed by atoms with Crippen molar-refractivity contribution in [2.45, 2.75) is 13.3 Å². The van der Waals surface area contributed by atoms with Crippen LogP contribution in [0.5, 0.6) is 0 Å². The second-order valence-corrected chi connectivity index (χ2v) is 2.76. The maximum absolute atomic E-state index is 12.5. The van der Waals surface area contributed by atoms with Gasteiger partial charge in [-0.15, -0.1) is 0 Å². The lowest BCUT2D eigenvalue weighted by atomic mass is 9.69. The zero-order valence-electron chi connectivity index (χ0n) is 6.29. The van der Waals surface area contributed by atoms with Gasteiger partial charge in [-0.1, -0.05) is 13.0 Å². The fraction of sp³-hybridized carbons (Fsp3) is 0.429. The quantitative estimate of drug-likeness (QED) is 0.551. The summed E-state index contributed by atoms with van der Waals surface area (Å²) in [4.78, 5) is 0. The second-order valence-electron chi connectivity index (χ2n) is 2.76. The largest absolute Gasteiger partial charge is 0.484 e. The Hall–Kier alpha value is -0.605. The highest BCUT2D eigenvalue weighted by Crippen LogP contribution is 2.25. The lowest BCUT2D eigenvalue weighted by molar-refractivity contribution is 0.405. The zero-order chi connectivity index (χ0) is 8.43. The van der Waals surface area contributed by atoms with Crippen LogP contribution in [0, 0.1) is 5.92 Å². The first-order valence-electron chi connectivity index (χ1n) is 3.53. The third-order valence-corrected chi connectivity index (χ3v) is 1.82. The molecule has 0 heterocycles. The van der Waals surface area contributed by atoms with Crippen LogP contribution in [-0.2, 0) is 0 Å². The monoisotopic (exact) mass is 156 g/mol. The van der Waals surface area contributed by atoms with Gasteiger partial charge in [0, 0.05) is 6.42 Å². The van der Waals surface area contributed by atoms with Crippen molar-refractivity contribution in [3.63, 3.8) is 0 Å². The molecule has 0 aromatic heterocycles. The highest BCUT2D eigenvalue weighted by molar-refractivity contribution is 6.50. The van der Waals surface area contributed by atoms with Gasteiger partial charge in [0.1, 0.15) is 5.83 Å². The van der Waals surface area contributed by atoms with Gasteiger partial charge in [0.05, 0.1) is 0 Å². The van der Waals surface area contributed by atoms with Crippen LogP contribution >= 0.6 is 0 Å². The van der Waals surface area contributed by atoms with E-state index in [1.54, 1.807) is 6.92 Å². The Bertz CT molecular complexity index is 210. The Morgan fingerprint density at radius 3 is 2.64 bits per heavy atom. The summed E-state index contributed by atoms with van der Waals surface area (Å²) in [7, 11) is -1.45. The zero-order valence-corrected chi connectivity index (χ0v) is 6.29. The summed E-state index contributed by atoms with van der Waals surface area (Å²) in [5, 5.41) is 17.5. The Morgan fingerprint density at radius 2 is 2.18 bits per heavy atom. The minimum absolute atomic E-state index is 0.111. The van der Waals surface area contributed by atoms with Crippen molar-refractivity contribution in [1.82, 2.24) is 0 Å². The van der Waals surface area contributed by atoms with Crippen LogP contribution in [0.3, 0.4) is 0 Å². The molecule has 1 aliphatic carbocycles. The number of halogens is 1. The molecule has 4 heteroatoms. The molecule has 0 amide bonds. The fourth-order valence-corrected chi connectivity index (χ4v) is 1.17. The first-order valence-corrected chi connectivity index (χ1v) is 3.53. The van der Waals surface area contributed by atoms with E-state index in [-0.39, 0.29) is 18.2 Å². The Balaban J connectivity index is 2.78. The molecule has 1 atom stereocenters. The van der Waals surface area contributed by atoms with E-state index in [1.165, 1.54) is 12.2 Å². The summed E-state index contributed by atoms with van der Waals surface area (Å²) in [5.41, 5.74) is 0.478.